The molecule has 1 aliphatic rings. The largest absolute Gasteiger partial charge is 0.306 e. The summed E-state index contributed by atoms with van der Waals surface area (Å²) in [5, 5.41) is 18.0. The molecule has 1 heterocycles. The van der Waals surface area contributed by atoms with Crippen LogP contribution in [0.4, 0.5) is 5.69 Å². The van der Waals surface area contributed by atoms with Gasteiger partial charge in [-0.1, -0.05) is 12.1 Å². The summed E-state index contributed by atoms with van der Waals surface area (Å²) in [4.78, 5) is 15.3. The summed E-state index contributed by atoms with van der Waals surface area (Å²) in [5.74, 6) is 0.0138. The fourth-order valence-corrected chi connectivity index (χ4v) is 3.61. The molecule has 0 saturated carbocycles. The maximum Gasteiger partial charge on any atom is 0.240 e. The lowest BCUT2D eigenvalue weighted by Crippen LogP contribution is -2.39. The van der Waals surface area contributed by atoms with Gasteiger partial charge in [-0.25, -0.2) is 0 Å². The van der Waals surface area contributed by atoms with Gasteiger partial charge in [-0.3, -0.25) is 4.79 Å². The van der Waals surface area contributed by atoms with Crippen molar-refractivity contribution in [3.8, 4) is 12.1 Å². The minimum absolute atomic E-state index is 0.0138. The summed E-state index contributed by atoms with van der Waals surface area (Å²) >= 11 is 1.51. The van der Waals surface area contributed by atoms with Crippen LogP contribution in [0.3, 0.4) is 0 Å². The number of nitrogens with zero attached hydrogens (tertiary/aromatic N) is 3. The van der Waals surface area contributed by atoms with E-state index in [4.69, 9.17) is 10.5 Å². The smallest absolute Gasteiger partial charge is 0.240 e. The van der Waals surface area contributed by atoms with Crippen LogP contribution in [-0.2, 0) is 11.3 Å². The molecule has 0 radical (unpaired) electrons. The number of fused-ring (bicyclic) bond motifs is 1. The molecule has 1 atom stereocenters. The van der Waals surface area contributed by atoms with Crippen LogP contribution in [0.15, 0.2) is 47.4 Å². The van der Waals surface area contributed by atoms with Crippen molar-refractivity contribution >= 4 is 23.4 Å². The van der Waals surface area contributed by atoms with E-state index in [1.54, 1.807) is 29.2 Å². The van der Waals surface area contributed by atoms with Gasteiger partial charge in [0.1, 0.15) is 0 Å². The van der Waals surface area contributed by atoms with Crippen molar-refractivity contribution in [3.05, 3.63) is 59.2 Å². The molecule has 2 aromatic rings. The van der Waals surface area contributed by atoms with Gasteiger partial charge in [-0.05, 0) is 42.8 Å². The number of amides is 1. The van der Waals surface area contributed by atoms with Gasteiger partial charge in [-0.2, -0.15) is 10.5 Å². The maximum absolute atomic E-state index is 12.6. The maximum atomic E-state index is 12.6. The minimum atomic E-state index is -0.172. The summed E-state index contributed by atoms with van der Waals surface area (Å²) < 4.78 is 0. The highest BCUT2D eigenvalue weighted by molar-refractivity contribution is 8.00. The number of benzene rings is 2. The van der Waals surface area contributed by atoms with E-state index in [9.17, 15) is 4.79 Å². The van der Waals surface area contributed by atoms with Crippen molar-refractivity contribution < 1.29 is 4.79 Å². The standard InChI is InChI=1S/C18H13N3OS/c1-12-18(22)21(11-15-4-2-3-13(7-15)9-19)16-8-14(10-20)5-6-17(16)23-12/h2-8,12H,11H2,1H3. The second-order valence-electron chi connectivity index (χ2n) is 5.29. The zero-order chi connectivity index (χ0) is 16.4. The van der Waals surface area contributed by atoms with Gasteiger partial charge in [0.25, 0.3) is 0 Å². The Morgan fingerprint density at radius 2 is 1.87 bits per heavy atom. The zero-order valence-electron chi connectivity index (χ0n) is 12.5. The summed E-state index contributed by atoms with van der Waals surface area (Å²) in [7, 11) is 0. The van der Waals surface area contributed by atoms with E-state index >= 15 is 0 Å². The van der Waals surface area contributed by atoms with Crippen LogP contribution in [-0.4, -0.2) is 11.2 Å². The first-order chi connectivity index (χ1) is 11.1. The first-order valence-electron chi connectivity index (χ1n) is 7.13. The fraction of sp³-hybridized carbons (Fsp3) is 0.167. The summed E-state index contributed by atoms with van der Waals surface area (Å²) in [5.41, 5.74) is 2.76. The lowest BCUT2D eigenvalue weighted by molar-refractivity contribution is -0.118. The Balaban J connectivity index is 2.02. The highest BCUT2D eigenvalue weighted by Crippen LogP contribution is 2.40. The number of thioether (sulfide) groups is 1. The number of nitriles is 2. The minimum Gasteiger partial charge on any atom is -0.306 e. The zero-order valence-corrected chi connectivity index (χ0v) is 13.3. The highest BCUT2D eigenvalue weighted by atomic mass is 32.2. The van der Waals surface area contributed by atoms with Crippen LogP contribution in [0.5, 0.6) is 0 Å². The lowest BCUT2D eigenvalue weighted by atomic mass is 10.1. The number of hydrogen-bond acceptors (Lipinski definition) is 4. The van der Waals surface area contributed by atoms with Crippen molar-refractivity contribution in [2.24, 2.45) is 0 Å². The molecule has 1 aliphatic heterocycles. The van der Waals surface area contributed by atoms with Crippen LogP contribution in [0.2, 0.25) is 0 Å². The van der Waals surface area contributed by atoms with Gasteiger partial charge in [0, 0.05) is 4.90 Å². The Labute approximate surface area is 139 Å². The molecule has 1 unspecified atom stereocenters. The molecule has 0 fully saturated rings. The molecular formula is C18H13N3OS. The quantitative estimate of drug-likeness (QED) is 0.850. The number of carbonyl (C=O) groups is 1. The molecule has 112 valence electrons. The number of hydrogen-bond donors (Lipinski definition) is 0. The fourth-order valence-electron chi connectivity index (χ4n) is 2.56. The molecule has 0 aromatic heterocycles. The van der Waals surface area contributed by atoms with E-state index in [0.717, 1.165) is 16.1 Å². The average Bonchev–Trinajstić information content (AvgIpc) is 2.59. The van der Waals surface area contributed by atoms with Crippen molar-refractivity contribution in [1.29, 1.82) is 10.5 Å². The topological polar surface area (TPSA) is 67.9 Å². The third kappa shape index (κ3) is 2.92. The van der Waals surface area contributed by atoms with Gasteiger partial charge in [0.2, 0.25) is 5.91 Å². The molecule has 0 aliphatic carbocycles. The van der Waals surface area contributed by atoms with E-state index in [1.807, 2.05) is 25.1 Å². The van der Waals surface area contributed by atoms with E-state index < -0.39 is 0 Å². The first kappa shape index (κ1) is 15.1. The monoisotopic (exact) mass is 319 g/mol. The molecule has 5 heteroatoms. The van der Waals surface area contributed by atoms with Crippen LogP contribution in [0.1, 0.15) is 23.6 Å². The Morgan fingerprint density at radius 3 is 2.61 bits per heavy atom. The van der Waals surface area contributed by atoms with Crippen molar-refractivity contribution in [2.45, 2.75) is 23.6 Å². The Morgan fingerprint density at radius 1 is 1.13 bits per heavy atom. The lowest BCUT2D eigenvalue weighted by Gasteiger charge is -2.32. The van der Waals surface area contributed by atoms with Gasteiger partial charge >= 0.3 is 0 Å². The van der Waals surface area contributed by atoms with Crippen LogP contribution >= 0.6 is 11.8 Å². The normalized spacial score (nSPS) is 16.4. The molecule has 0 bridgehead atoms. The molecule has 2 aromatic carbocycles. The van der Waals surface area contributed by atoms with Gasteiger partial charge < -0.3 is 4.90 Å². The second kappa shape index (κ2) is 6.16. The molecule has 4 nitrogen and oxygen atoms in total. The van der Waals surface area contributed by atoms with Crippen molar-refractivity contribution in [2.75, 3.05) is 4.90 Å². The van der Waals surface area contributed by atoms with Gasteiger partial charge in [-0.15, -0.1) is 11.8 Å². The summed E-state index contributed by atoms with van der Waals surface area (Å²) in [6.07, 6.45) is 0. The van der Waals surface area contributed by atoms with Crippen LogP contribution in [0.25, 0.3) is 0 Å². The predicted octanol–water partition coefficient (Wildman–Crippen LogP) is 3.46. The average molecular weight is 319 g/mol. The molecule has 1 amide bonds. The predicted molar refractivity (Wildman–Crippen MR) is 88.8 cm³/mol. The van der Waals surface area contributed by atoms with Gasteiger partial charge in [0.15, 0.2) is 0 Å². The molecule has 0 saturated heterocycles. The van der Waals surface area contributed by atoms with Crippen LogP contribution < -0.4 is 4.90 Å². The third-order valence-corrected chi connectivity index (χ3v) is 4.85. The van der Waals surface area contributed by atoms with E-state index in [2.05, 4.69) is 12.1 Å². The van der Waals surface area contributed by atoms with E-state index in [1.165, 1.54) is 11.8 Å². The first-order valence-corrected chi connectivity index (χ1v) is 8.01. The van der Waals surface area contributed by atoms with E-state index in [-0.39, 0.29) is 11.2 Å². The van der Waals surface area contributed by atoms with Gasteiger partial charge in [0.05, 0.1) is 40.7 Å². The van der Waals surface area contributed by atoms with E-state index in [0.29, 0.717) is 17.7 Å². The molecule has 0 N–H and O–H groups in total. The third-order valence-electron chi connectivity index (χ3n) is 3.69. The SMILES string of the molecule is CC1Sc2ccc(C#N)cc2N(Cc2cccc(C#N)c2)C1=O. The number of anilines is 1. The molecular weight excluding hydrogens is 306 g/mol. The van der Waals surface area contributed by atoms with Crippen molar-refractivity contribution in [3.63, 3.8) is 0 Å². The Hall–Kier alpha value is -2.76. The summed E-state index contributed by atoms with van der Waals surface area (Å²) in [6, 6.07) is 16.9. The number of carbonyl (C=O) groups excluding carboxylic acids is 1. The van der Waals surface area contributed by atoms with Crippen LogP contribution in [0, 0.1) is 22.7 Å². The molecule has 0 spiro atoms. The molecule has 23 heavy (non-hydrogen) atoms. The Kier molecular flexibility index (Phi) is 4.06. The highest BCUT2D eigenvalue weighted by Gasteiger charge is 2.30. The Bertz CT molecular complexity index is 863. The number of rotatable bonds is 2. The second-order valence-corrected chi connectivity index (χ2v) is 6.67. The molecule has 3 rings (SSSR count). The van der Waals surface area contributed by atoms with Crippen molar-refractivity contribution in [1.82, 2.24) is 0 Å². The summed E-state index contributed by atoms with van der Waals surface area (Å²) in [6.45, 7) is 2.27.